The Bertz CT molecular complexity index is 598. The molecule has 0 saturated carbocycles. The normalized spacial score (nSPS) is 10.1. The highest BCUT2D eigenvalue weighted by atomic mass is 16.6. The molecule has 18 heavy (non-hydrogen) atoms. The first kappa shape index (κ1) is 11.8. The molecule has 2 aromatic rings. The molecule has 92 valence electrons. The average Bonchev–Trinajstić information content (AvgIpc) is 2.28. The van der Waals surface area contributed by atoms with Crippen LogP contribution >= 0.6 is 0 Å². The zero-order valence-corrected chi connectivity index (χ0v) is 9.75. The fourth-order valence-electron chi connectivity index (χ4n) is 1.63. The van der Waals surface area contributed by atoms with Gasteiger partial charge in [0.15, 0.2) is 0 Å². The zero-order chi connectivity index (χ0) is 13.1. The van der Waals surface area contributed by atoms with Gasteiger partial charge >= 0.3 is 5.69 Å². The van der Waals surface area contributed by atoms with Gasteiger partial charge in [-0.05, 0) is 31.2 Å². The lowest BCUT2D eigenvalue weighted by Crippen LogP contribution is -2.01. The van der Waals surface area contributed by atoms with Crippen LogP contribution in [0.15, 0.2) is 36.5 Å². The smallest absolute Gasteiger partial charge is 0.314 e. The van der Waals surface area contributed by atoms with E-state index in [2.05, 4.69) is 10.3 Å². The average molecular weight is 244 g/mol. The van der Waals surface area contributed by atoms with Crippen molar-refractivity contribution in [2.24, 2.45) is 0 Å². The van der Waals surface area contributed by atoms with Gasteiger partial charge in [-0.3, -0.25) is 10.1 Å². The summed E-state index contributed by atoms with van der Waals surface area (Å²) in [7, 11) is 0. The van der Waals surface area contributed by atoms with Crippen molar-refractivity contribution in [1.82, 2.24) is 4.98 Å². The molecule has 1 aromatic heterocycles. The number of hydrogen-bond acceptors (Lipinski definition) is 5. The lowest BCUT2D eigenvalue weighted by molar-refractivity contribution is -0.384. The maximum atomic E-state index is 11.0. The van der Waals surface area contributed by atoms with Gasteiger partial charge in [-0.2, -0.15) is 0 Å². The summed E-state index contributed by atoms with van der Waals surface area (Å²) in [6.07, 6.45) is 1.52. The Morgan fingerprint density at radius 2 is 2.17 bits per heavy atom. The fourth-order valence-corrected chi connectivity index (χ4v) is 1.63. The maximum Gasteiger partial charge on any atom is 0.314 e. The largest absolute Gasteiger partial charge is 0.399 e. The molecule has 0 saturated heterocycles. The number of nitrogens with zero attached hydrogens (tertiary/aromatic N) is 2. The molecule has 0 amide bonds. The van der Waals surface area contributed by atoms with Crippen molar-refractivity contribution in [1.29, 1.82) is 0 Å². The summed E-state index contributed by atoms with van der Waals surface area (Å²) < 4.78 is 0. The molecule has 0 fully saturated rings. The lowest BCUT2D eigenvalue weighted by Gasteiger charge is -2.07. The number of nitrogen functional groups attached to an aromatic ring is 1. The molecule has 6 nitrogen and oxygen atoms in total. The van der Waals surface area contributed by atoms with Gasteiger partial charge in [0.1, 0.15) is 0 Å². The third-order valence-corrected chi connectivity index (χ3v) is 2.46. The number of aromatic nitrogens is 1. The second kappa shape index (κ2) is 4.70. The van der Waals surface area contributed by atoms with Crippen molar-refractivity contribution in [3.05, 3.63) is 52.2 Å². The third-order valence-electron chi connectivity index (χ3n) is 2.46. The van der Waals surface area contributed by atoms with Gasteiger partial charge in [0, 0.05) is 23.1 Å². The van der Waals surface area contributed by atoms with Crippen LogP contribution in [0.1, 0.15) is 5.56 Å². The number of pyridine rings is 1. The Morgan fingerprint density at radius 1 is 1.39 bits per heavy atom. The van der Waals surface area contributed by atoms with Crippen LogP contribution in [0.4, 0.5) is 22.9 Å². The van der Waals surface area contributed by atoms with Gasteiger partial charge in [-0.1, -0.05) is 6.07 Å². The zero-order valence-electron chi connectivity index (χ0n) is 9.75. The summed E-state index contributed by atoms with van der Waals surface area (Å²) in [6.45, 7) is 1.67. The molecular formula is C12H12N4O2. The SMILES string of the molecule is Cc1ccnc(Nc2cccc(N)c2)c1[N+](=O)[O-]. The number of anilines is 3. The minimum atomic E-state index is -0.447. The molecular weight excluding hydrogens is 232 g/mol. The first-order valence-electron chi connectivity index (χ1n) is 5.30. The minimum absolute atomic E-state index is 0.0278. The van der Waals surface area contributed by atoms with E-state index in [1.807, 2.05) is 0 Å². The van der Waals surface area contributed by atoms with Gasteiger partial charge in [0.25, 0.3) is 0 Å². The van der Waals surface area contributed by atoms with Gasteiger partial charge < -0.3 is 11.1 Å². The van der Waals surface area contributed by atoms with E-state index in [0.717, 1.165) is 0 Å². The van der Waals surface area contributed by atoms with Gasteiger partial charge in [-0.15, -0.1) is 0 Å². The summed E-state index contributed by atoms with van der Waals surface area (Å²) in [4.78, 5) is 14.5. The summed E-state index contributed by atoms with van der Waals surface area (Å²) in [5.41, 5.74) is 7.42. The van der Waals surface area contributed by atoms with E-state index in [1.54, 1.807) is 37.3 Å². The van der Waals surface area contributed by atoms with Crippen LogP contribution in [0.5, 0.6) is 0 Å². The first-order valence-corrected chi connectivity index (χ1v) is 5.30. The molecule has 0 radical (unpaired) electrons. The van der Waals surface area contributed by atoms with Crippen molar-refractivity contribution in [2.45, 2.75) is 6.92 Å². The number of hydrogen-bond donors (Lipinski definition) is 2. The summed E-state index contributed by atoms with van der Waals surface area (Å²) in [5.74, 6) is 0.214. The van der Waals surface area contributed by atoms with E-state index >= 15 is 0 Å². The number of nitro groups is 1. The number of nitrogens with one attached hydrogen (secondary N) is 1. The summed E-state index contributed by atoms with van der Waals surface area (Å²) >= 11 is 0. The summed E-state index contributed by atoms with van der Waals surface area (Å²) in [6, 6.07) is 8.56. The molecule has 0 spiro atoms. The van der Waals surface area contributed by atoms with Crippen molar-refractivity contribution < 1.29 is 4.92 Å². The van der Waals surface area contributed by atoms with E-state index in [4.69, 9.17) is 5.73 Å². The van der Waals surface area contributed by atoms with Crippen molar-refractivity contribution in [3.63, 3.8) is 0 Å². The maximum absolute atomic E-state index is 11.0. The van der Waals surface area contributed by atoms with Gasteiger partial charge in [0.2, 0.25) is 5.82 Å². The second-order valence-corrected chi connectivity index (χ2v) is 3.83. The van der Waals surface area contributed by atoms with Crippen LogP contribution in [-0.2, 0) is 0 Å². The molecule has 0 atom stereocenters. The molecule has 3 N–H and O–H groups in total. The Kier molecular flexibility index (Phi) is 3.09. The van der Waals surface area contributed by atoms with Crippen LogP contribution in [0, 0.1) is 17.0 Å². The third kappa shape index (κ3) is 2.37. The molecule has 2 rings (SSSR count). The summed E-state index contributed by atoms with van der Waals surface area (Å²) in [5, 5.41) is 13.9. The number of nitrogens with two attached hydrogens (primary N) is 1. The molecule has 1 aromatic carbocycles. The predicted octanol–water partition coefficient (Wildman–Crippen LogP) is 2.62. The molecule has 0 bridgehead atoms. The number of aryl methyl sites for hydroxylation is 1. The van der Waals surface area contributed by atoms with Crippen LogP contribution in [0.2, 0.25) is 0 Å². The van der Waals surface area contributed by atoms with Crippen LogP contribution < -0.4 is 11.1 Å². The topological polar surface area (TPSA) is 94.1 Å². The van der Waals surface area contributed by atoms with E-state index in [-0.39, 0.29) is 11.5 Å². The highest BCUT2D eigenvalue weighted by Crippen LogP contribution is 2.28. The molecule has 0 aliphatic rings. The van der Waals surface area contributed by atoms with Crippen LogP contribution in [-0.4, -0.2) is 9.91 Å². The molecule has 6 heteroatoms. The van der Waals surface area contributed by atoms with Crippen LogP contribution in [0.3, 0.4) is 0 Å². The molecule has 1 heterocycles. The van der Waals surface area contributed by atoms with Crippen molar-refractivity contribution in [3.8, 4) is 0 Å². The Labute approximate surface area is 104 Å². The van der Waals surface area contributed by atoms with E-state index in [1.165, 1.54) is 6.20 Å². The van der Waals surface area contributed by atoms with E-state index in [0.29, 0.717) is 16.9 Å². The molecule has 0 aliphatic heterocycles. The number of benzene rings is 1. The Balaban J connectivity index is 2.40. The molecule has 0 aliphatic carbocycles. The van der Waals surface area contributed by atoms with Crippen molar-refractivity contribution >= 4 is 22.9 Å². The highest BCUT2D eigenvalue weighted by molar-refractivity contribution is 5.69. The van der Waals surface area contributed by atoms with Crippen LogP contribution in [0.25, 0.3) is 0 Å². The minimum Gasteiger partial charge on any atom is -0.399 e. The predicted molar refractivity (Wildman–Crippen MR) is 69.8 cm³/mol. The quantitative estimate of drug-likeness (QED) is 0.491. The molecule has 0 unspecified atom stereocenters. The standard InChI is InChI=1S/C12H12N4O2/c1-8-5-6-14-12(11(8)16(17)18)15-10-4-2-3-9(13)7-10/h2-7H,13H2,1H3,(H,14,15). The first-order chi connectivity index (χ1) is 8.58. The van der Waals surface area contributed by atoms with E-state index in [9.17, 15) is 10.1 Å². The Hall–Kier alpha value is -2.63. The fraction of sp³-hybridized carbons (Fsp3) is 0.0833. The second-order valence-electron chi connectivity index (χ2n) is 3.83. The monoisotopic (exact) mass is 244 g/mol. The highest BCUT2D eigenvalue weighted by Gasteiger charge is 2.18. The van der Waals surface area contributed by atoms with Gasteiger partial charge in [0.05, 0.1) is 4.92 Å². The Morgan fingerprint density at radius 3 is 2.83 bits per heavy atom. The van der Waals surface area contributed by atoms with E-state index < -0.39 is 4.92 Å². The lowest BCUT2D eigenvalue weighted by atomic mass is 10.2. The number of rotatable bonds is 3. The van der Waals surface area contributed by atoms with Gasteiger partial charge in [-0.25, -0.2) is 4.98 Å². The van der Waals surface area contributed by atoms with Crippen molar-refractivity contribution in [2.75, 3.05) is 11.1 Å².